The van der Waals surface area contributed by atoms with E-state index in [1.165, 1.54) is 30.3 Å². The fraction of sp³-hybridized carbons (Fsp3) is 0.500. The van der Waals surface area contributed by atoms with Crippen LogP contribution in [0.5, 0.6) is 5.75 Å². The first-order valence-corrected chi connectivity index (χ1v) is 6.46. The molecule has 0 amide bonds. The third-order valence-corrected chi connectivity index (χ3v) is 2.80. The van der Waals surface area contributed by atoms with Crippen LogP contribution in [0.4, 0.5) is 4.39 Å². The number of benzene rings is 1. The normalized spacial score (nSPS) is 10.3. The smallest absolute Gasteiger partial charge is 0.128 e. The fourth-order valence-corrected chi connectivity index (χ4v) is 1.74. The van der Waals surface area contributed by atoms with Gasteiger partial charge in [-0.1, -0.05) is 19.8 Å². The third-order valence-electron chi connectivity index (χ3n) is 2.10. The van der Waals surface area contributed by atoms with Crippen LogP contribution in [0.25, 0.3) is 0 Å². The van der Waals surface area contributed by atoms with Gasteiger partial charge in [0.05, 0.1) is 6.61 Å². The maximum Gasteiger partial charge on any atom is 0.128 e. The van der Waals surface area contributed by atoms with E-state index < -0.39 is 0 Å². The number of hydrogen-bond acceptors (Lipinski definition) is 2. The average Bonchev–Trinajstić information content (AvgIpc) is 2.23. The molecule has 1 aromatic rings. The van der Waals surface area contributed by atoms with Crippen LogP contribution in [0.1, 0.15) is 26.2 Å². The second-order valence-corrected chi connectivity index (χ2v) is 4.26. The van der Waals surface area contributed by atoms with Gasteiger partial charge in [-0.25, -0.2) is 4.39 Å². The van der Waals surface area contributed by atoms with Gasteiger partial charge in [0, 0.05) is 11.0 Å². The lowest BCUT2D eigenvalue weighted by Crippen LogP contribution is -1.97. The molecule has 0 heterocycles. The highest BCUT2D eigenvalue weighted by atomic mass is 32.2. The largest absolute Gasteiger partial charge is 0.493 e. The number of ether oxygens (including phenoxy) is 1. The zero-order chi connectivity index (χ0) is 11.1. The summed E-state index contributed by atoms with van der Waals surface area (Å²) < 4.78 is 18.6. The molecule has 0 spiro atoms. The summed E-state index contributed by atoms with van der Waals surface area (Å²) in [4.78, 5) is 0.903. The van der Waals surface area contributed by atoms with Gasteiger partial charge in [0.15, 0.2) is 0 Å². The number of unbranched alkanes of at least 4 members (excludes halogenated alkanes) is 2. The Balaban J connectivity index is 2.49. The summed E-state index contributed by atoms with van der Waals surface area (Å²) in [5, 5.41) is 0. The summed E-state index contributed by atoms with van der Waals surface area (Å²) in [5.74, 6) is 0.405. The van der Waals surface area contributed by atoms with E-state index in [-0.39, 0.29) is 5.82 Å². The van der Waals surface area contributed by atoms with Crippen molar-refractivity contribution in [1.29, 1.82) is 0 Å². The molecule has 0 aliphatic carbocycles. The first-order chi connectivity index (χ1) is 7.26. The molecule has 15 heavy (non-hydrogen) atoms. The molecule has 0 aliphatic rings. The predicted octanol–water partition coefficient (Wildman–Crippen LogP) is 4.12. The summed E-state index contributed by atoms with van der Waals surface area (Å²) >= 11 is 1.52. The van der Waals surface area contributed by atoms with E-state index in [4.69, 9.17) is 4.74 Å². The minimum atomic E-state index is -0.229. The molecule has 1 nitrogen and oxygen atoms in total. The Bertz CT molecular complexity index is 302. The molecule has 0 atom stereocenters. The summed E-state index contributed by atoms with van der Waals surface area (Å²) in [5.41, 5.74) is 0. The predicted molar refractivity (Wildman–Crippen MR) is 63.2 cm³/mol. The second-order valence-electron chi connectivity index (χ2n) is 3.38. The zero-order valence-corrected chi connectivity index (χ0v) is 10.1. The molecule has 0 aliphatic heterocycles. The first kappa shape index (κ1) is 12.4. The van der Waals surface area contributed by atoms with Crippen LogP contribution in [-0.2, 0) is 0 Å². The first-order valence-electron chi connectivity index (χ1n) is 5.23. The Morgan fingerprint density at radius 1 is 1.27 bits per heavy atom. The summed E-state index contributed by atoms with van der Waals surface area (Å²) in [7, 11) is 0. The van der Waals surface area contributed by atoms with Crippen molar-refractivity contribution in [3.63, 3.8) is 0 Å². The monoisotopic (exact) mass is 228 g/mol. The van der Waals surface area contributed by atoms with Gasteiger partial charge in [-0.2, -0.15) is 0 Å². The average molecular weight is 228 g/mol. The Labute approximate surface area is 95.0 Å². The molecule has 0 saturated carbocycles. The SMILES string of the molecule is CCCCCOc1cc(F)cc(SC)c1. The second kappa shape index (κ2) is 6.72. The van der Waals surface area contributed by atoms with Crippen LogP contribution >= 0.6 is 11.8 Å². The highest BCUT2D eigenvalue weighted by Crippen LogP contribution is 2.23. The van der Waals surface area contributed by atoms with Crippen molar-refractivity contribution in [3.05, 3.63) is 24.0 Å². The van der Waals surface area contributed by atoms with Gasteiger partial charge in [-0.3, -0.25) is 0 Å². The van der Waals surface area contributed by atoms with E-state index in [2.05, 4.69) is 6.92 Å². The van der Waals surface area contributed by atoms with Gasteiger partial charge in [0.1, 0.15) is 11.6 Å². The highest BCUT2D eigenvalue weighted by molar-refractivity contribution is 7.98. The van der Waals surface area contributed by atoms with Gasteiger partial charge < -0.3 is 4.74 Å². The van der Waals surface area contributed by atoms with Crippen LogP contribution in [0.15, 0.2) is 23.1 Å². The molecule has 0 bridgehead atoms. The summed E-state index contributed by atoms with van der Waals surface area (Å²) in [6, 6.07) is 4.83. The molecule has 0 radical (unpaired) electrons. The van der Waals surface area contributed by atoms with Gasteiger partial charge in [0.25, 0.3) is 0 Å². The van der Waals surface area contributed by atoms with Crippen LogP contribution in [0.3, 0.4) is 0 Å². The summed E-state index contributed by atoms with van der Waals surface area (Å²) in [6.07, 6.45) is 5.28. The zero-order valence-electron chi connectivity index (χ0n) is 9.25. The van der Waals surface area contributed by atoms with Gasteiger partial charge in [-0.15, -0.1) is 11.8 Å². The summed E-state index contributed by atoms with van der Waals surface area (Å²) in [6.45, 7) is 2.82. The minimum Gasteiger partial charge on any atom is -0.493 e. The van der Waals surface area contributed by atoms with Gasteiger partial charge in [0.2, 0.25) is 0 Å². The van der Waals surface area contributed by atoms with E-state index in [1.54, 1.807) is 0 Å². The molecule has 1 aromatic carbocycles. The lowest BCUT2D eigenvalue weighted by Gasteiger charge is -2.07. The number of thioether (sulfide) groups is 1. The molecule has 0 fully saturated rings. The highest BCUT2D eigenvalue weighted by Gasteiger charge is 2.00. The molecule has 0 saturated heterocycles. The van der Waals surface area contributed by atoms with Crippen LogP contribution in [-0.4, -0.2) is 12.9 Å². The van der Waals surface area contributed by atoms with E-state index in [0.29, 0.717) is 12.4 Å². The van der Waals surface area contributed by atoms with Crippen LogP contribution in [0, 0.1) is 5.82 Å². The van der Waals surface area contributed by atoms with E-state index in [0.717, 1.165) is 17.7 Å². The minimum absolute atomic E-state index is 0.229. The number of halogens is 1. The van der Waals surface area contributed by atoms with Crippen molar-refractivity contribution in [2.75, 3.05) is 12.9 Å². The van der Waals surface area contributed by atoms with E-state index in [1.807, 2.05) is 12.3 Å². The van der Waals surface area contributed by atoms with Gasteiger partial charge >= 0.3 is 0 Å². The molecule has 0 N–H and O–H groups in total. The van der Waals surface area contributed by atoms with Crippen molar-refractivity contribution < 1.29 is 9.13 Å². The van der Waals surface area contributed by atoms with Gasteiger partial charge in [-0.05, 0) is 24.8 Å². The topological polar surface area (TPSA) is 9.23 Å². The lowest BCUT2D eigenvalue weighted by molar-refractivity contribution is 0.304. The molecule has 0 aromatic heterocycles. The Hall–Kier alpha value is -0.700. The molecule has 0 unspecified atom stereocenters. The van der Waals surface area contributed by atoms with Crippen molar-refractivity contribution >= 4 is 11.8 Å². The molecular weight excluding hydrogens is 211 g/mol. The fourth-order valence-electron chi connectivity index (χ4n) is 1.28. The lowest BCUT2D eigenvalue weighted by atomic mass is 10.3. The Morgan fingerprint density at radius 3 is 2.73 bits per heavy atom. The van der Waals surface area contributed by atoms with Crippen molar-refractivity contribution in [2.45, 2.75) is 31.1 Å². The van der Waals surface area contributed by atoms with Crippen molar-refractivity contribution in [1.82, 2.24) is 0 Å². The van der Waals surface area contributed by atoms with Crippen LogP contribution < -0.4 is 4.74 Å². The number of hydrogen-bond donors (Lipinski definition) is 0. The molecule has 1 rings (SSSR count). The maximum atomic E-state index is 13.1. The Morgan fingerprint density at radius 2 is 2.07 bits per heavy atom. The molecular formula is C12H17FOS. The standard InChI is InChI=1S/C12H17FOS/c1-3-4-5-6-14-11-7-10(13)8-12(9-11)15-2/h7-9H,3-6H2,1-2H3. The maximum absolute atomic E-state index is 13.1. The van der Waals surface area contributed by atoms with Crippen molar-refractivity contribution in [3.8, 4) is 5.75 Å². The number of rotatable bonds is 6. The van der Waals surface area contributed by atoms with E-state index >= 15 is 0 Å². The molecule has 3 heteroatoms. The molecule has 84 valence electrons. The van der Waals surface area contributed by atoms with E-state index in [9.17, 15) is 4.39 Å². The Kier molecular flexibility index (Phi) is 5.54. The van der Waals surface area contributed by atoms with Crippen LogP contribution in [0.2, 0.25) is 0 Å². The van der Waals surface area contributed by atoms with Crippen molar-refractivity contribution in [2.24, 2.45) is 0 Å². The quantitative estimate of drug-likeness (QED) is 0.535. The third kappa shape index (κ3) is 4.56.